The molecular formula is C19H26ClN3O. The first-order valence-electron chi connectivity index (χ1n) is 8.22. The molecule has 130 valence electrons. The minimum Gasteiger partial charge on any atom is -0.345 e. The maximum Gasteiger partial charge on any atom is 0.255 e. The van der Waals surface area contributed by atoms with Crippen molar-refractivity contribution in [2.45, 2.75) is 53.1 Å². The Morgan fingerprint density at radius 2 is 1.79 bits per heavy atom. The standard InChI is InChI=1S/C19H26ClN3O/c1-12(2)17(14-7-9-15(20)10-8-14)22-18(24)16-11-21-23(13(16)3)19(4,5)6/h7-12,17H,1-6H3,(H,22,24). The highest BCUT2D eigenvalue weighted by molar-refractivity contribution is 6.30. The Kier molecular flexibility index (Phi) is 5.38. The van der Waals surface area contributed by atoms with E-state index in [4.69, 9.17) is 11.6 Å². The maximum absolute atomic E-state index is 12.8. The number of aromatic nitrogens is 2. The lowest BCUT2D eigenvalue weighted by atomic mass is 9.95. The predicted octanol–water partition coefficient (Wildman–Crippen LogP) is 4.73. The van der Waals surface area contributed by atoms with Crippen LogP contribution in [0.25, 0.3) is 0 Å². The molecule has 0 aliphatic heterocycles. The Labute approximate surface area is 149 Å². The molecule has 2 rings (SSSR count). The van der Waals surface area contributed by atoms with Crippen LogP contribution in [0.1, 0.15) is 62.3 Å². The van der Waals surface area contributed by atoms with Crippen LogP contribution in [0.5, 0.6) is 0 Å². The van der Waals surface area contributed by atoms with Crippen LogP contribution in [0.3, 0.4) is 0 Å². The molecule has 1 N–H and O–H groups in total. The molecule has 0 saturated heterocycles. The number of halogens is 1. The van der Waals surface area contributed by atoms with Gasteiger partial charge in [-0.2, -0.15) is 5.10 Å². The van der Waals surface area contributed by atoms with E-state index in [9.17, 15) is 4.79 Å². The van der Waals surface area contributed by atoms with Crippen molar-refractivity contribution < 1.29 is 4.79 Å². The zero-order valence-corrected chi connectivity index (χ0v) is 16.0. The second-order valence-corrected chi connectivity index (χ2v) is 7.91. The Morgan fingerprint density at radius 1 is 1.21 bits per heavy atom. The lowest BCUT2D eigenvalue weighted by molar-refractivity contribution is 0.0924. The average Bonchev–Trinajstić information content (AvgIpc) is 2.87. The Morgan fingerprint density at radius 3 is 2.25 bits per heavy atom. The SMILES string of the molecule is Cc1c(C(=O)NC(c2ccc(Cl)cc2)C(C)C)cnn1C(C)(C)C. The van der Waals surface area contributed by atoms with Crippen LogP contribution >= 0.6 is 11.6 Å². The van der Waals surface area contributed by atoms with Crippen LogP contribution in [-0.2, 0) is 5.54 Å². The molecule has 5 heteroatoms. The van der Waals surface area contributed by atoms with Gasteiger partial charge in [0.1, 0.15) is 0 Å². The lowest BCUT2D eigenvalue weighted by Gasteiger charge is -2.24. The summed E-state index contributed by atoms with van der Waals surface area (Å²) in [4.78, 5) is 12.8. The number of nitrogens with zero attached hydrogens (tertiary/aromatic N) is 2. The summed E-state index contributed by atoms with van der Waals surface area (Å²) >= 11 is 5.97. The number of nitrogens with one attached hydrogen (secondary N) is 1. The van der Waals surface area contributed by atoms with Gasteiger partial charge in [-0.15, -0.1) is 0 Å². The number of carbonyl (C=O) groups excluding carboxylic acids is 1. The fourth-order valence-corrected chi connectivity index (χ4v) is 2.96. The monoisotopic (exact) mass is 347 g/mol. The molecule has 4 nitrogen and oxygen atoms in total. The van der Waals surface area contributed by atoms with Gasteiger partial charge in [0.15, 0.2) is 0 Å². The third kappa shape index (κ3) is 3.99. The van der Waals surface area contributed by atoms with E-state index in [1.165, 1.54) is 0 Å². The molecule has 1 aromatic heterocycles. The van der Waals surface area contributed by atoms with Gasteiger partial charge < -0.3 is 5.32 Å². The van der Waals surface area contributed by atoms with Crippen molar-refractivity contribution in [2.24, 2.45) is 5.92 Å². The van der Waals surface area contributed by atoms with E-state index in [2.05, 4.69) is 45.0 Å². The Bertz CT molecular complexity index is 711. The molecular weight excluding hydrogens is 322 g/mol. The van der Waals surface area contributed by atoms with Crippen LogP contribution in [0, 0.1) is 12.8 Å². The summed E-state index contributed by atoms with van der Waals surface area (Å²) in [6, 6.07) is 7.53. The molecule has 1 amide bonds. The second kappa shape index (κ2) is 6.98. The molecule has 0 spiro atoms. The predicted molar refractivity (Wildman–Crippen MR) is 98.5 cm³/mol. The molecule has 0 aliphatic carbocycles. The van der Waals surface area contributed by atoms with Crippen LogP contribution in [0.15, 0.2) is 30.5 Å². The van der Waals surface area contributed by atoms with E-state index in [1.54, 1.807) is 6.20 Å². The number of rotatable bonds is 4. The van der Waals surface area contributed by atoms with Crippen molar-refractivity contribution in [3.05, 3.63) is 52.3 Å². The maximum atomic E-state index is 12.8. The Hall–Kier alpha value is -1.81. The van der Waals surface area contributed by atoms with Crippen molar-refractivity contribution in [1.29, 1.82) is 0 Å². The molecule has 1 aromatic carbocycles. The van der Waals surface area contributed by atoms with E-state index in [1.807, 2.05) is 35.9 Å². The molecule has 1 heterocycles. The summed E-state index contributed by atoms with van der Waals surface area (Å²) in [5.74, 6) is 0.157. The fourth-order valence-electron chi connectivity index (χ4n) is 2.83. The topological polar surface area (TPSA) is 46.9 Å². The van der Waals surface area contributed by atoms with Gasteiger partial charge in [-0.1, -0.05) is 37.6 Å². The first-order valence-corrected chi connectivity index (χ1v) is 8.60. The number of amides is 1. The highest BCUT2D eigenvalue weighted by Gasteiger charge is 2.24. The van der Waals surface area contributed by atoms with Gasteiger partial charge in [-0.3, -0.25) is 9.48 Å². The van der Waals surface area contributed by atoms with Gasteiger partial charge in [0.05, 0.1) is 23.3 Å². The highest BCUT2D eigenvalue weighted by Crippen LogP contribution is 2.25. The molecule has 0 saturated carbocycles. The summed E-state index contributed by atoms with van der Waals surface area (Å²) in [6.07, 6.45) is 1.65. The van der Waals surface area contributed by atoms with E-state index >= 15 is 0 Å². The van der Waals surface area contributed by atoms with Crippen LogP contribution in [0.4, 0.5) is 0 Å². The molecule has 2 aromatic rings. The number of benzene rings is 1. The van der Waals surface area contributed by atoms with E-state index in [0.717, 1.165) is 11.3 Å². The molecule has 0 radical (unpaired) electrons. The largest absolute Gasteiger partial charge is 0.345 e. The zero-order chi connectivity index (χ0) is 18.1. The first kappa shape index (κ1) is 18.5. The number of hydrogen-bond donors (Lipinski definition) is 1. The van der Waals surface area contributed by atoms with Gasteiger partial charge >= 0.3 is 0 Å². The molecule has 0 aliphatic rings. The summed E-state index contributed by atoms with van der Waals surface area (Å²) < 4.78 is 1.88. The minimum absolute atomic E-state index is 0.0767. The highest BCUT2D eigenvalue weighted by atomic mass is 35.5. The van der Waals surface area contributed by atoms with Crippen LogP contribution in [-0.4, -0.2) is 15.7 Å². The molecule has 0 bridgehead atoms. The molecule has 1 unspecified atom stereocenters. The van der Waals surface area contributed by atoms with E-state index < -0.39 is 0 Å². The van der Waals surface area contributed by atoms with Crippen molar-refractivity contribution in [3.63, 3.8) is 0 Å². The summed E-state index contributed by atoms with van der Waals surface area (Å²) in [7, 11) is 0. The fraction of sp³-hybridized carbons (Fsp3) is 0.474. The molecule has 24 heavy (non-hydrogen) atoms. The summed E-state index contributed by atoms with van der Waals surface area (Å²) in [6.45, 7) is 12.3. The second-order valence-electron chi connectivity index (χ2n) is 7.47. The number of hydrogen-bond acceptors (Lipinski definition) is 2. The normalized spacial score (nSPS) is 13.2. The van der Waals surface area contributed by atoms with Crippen LogP contribution in [0.2, 0.25) is 5.02 Å². The smallest absolute Gasteiger partial charge is 0.255 e. The van der Waals surface area contributed by atoms with Crippen molar-refractivity contribution in [2.75, 3.05) is 0 Å². The van der Waals surface area contributed by atoms with Gasteiger partial charge in [-0.05, 0) is 51.3 Å². The van der Waals surface area contributed by atoms with Crippen molar-refractivity contribution >= 4 is 17.5 Å². The summed E-state index contributed by atoms with van der Waals surface area (Å²) in [5.41, 5.74) is 2.38. The van der Waals surface area contributed by atoms with E-state index in [-0.39, 0.29) is 23.4 Å². The van der Waals surface area contributed by atoms with Gasteiger partial charge in [0.2, 0.25) is 0 Å². The first-order chi connectivity index (χ1) is 11.1. The minimum atomic E-state index is -0.157. The van der Waals surface area contributed by atoms with Crippen LogP contribution < -0.4 is 5.32 Å². The lowest BCUT2D eigenvalue weighted by Crippen LogP contribution is -2.32. The average molecular weight is 348 g/mol. The Balaban J connectivity index is 2.26. The van der Waals surface area contributed by atoms with Gasteiger partial charge in [0.25, 0.3) is 5.91 Å². The zero-order valence-electron chi connectivity index (χ0n) is 15.2. The van der Waals surface area contributed by atoms with Crippen molar-refractivity contribution in [1.82, 2.24) is 15.1 Å². The third-order valence-corrected chi connectivity index (χ3v) is 4.32. The third-order valence-electron chi connectivity index (χ3n) is 4.07. The molecule has 0 fully saturated rings. The molecule has 1 atom stereocenters. The summed E-state index contributed by atoms with van der Waals surface area (Å²) in [5, 5.41) is 8.21. The van der Waals surface area contributed by atoms with Gasteiger partial charge in [0, 0.05) is 10.7 Å². The quantitative estimate of drug-likeness (QED) is 0.869. The number of carbonyl (C=O) groups is 1. The van der Waals surface area contributed by atoms with Gasteiger partial charge in [-0.25, -0.2) is 0 Å². The van der Waals surface area contributed by atoms with E-state index in [0.29, 0.717) is 10.6 Å². The van der Waals surface area contributed by atoms with Crippen molar-refractivity contribution in [3.8, 4) is 0 Å².